The van der Waals surface area contributed by atoms with Gasteiger partial charge in [0, 0.05) is 31.1 Å². The summed E-state index contributed by atoms with van der Waals surface area (Å²) in [5, 5.41) is 3.37. The van der Waals surface area contributed by atoms with Gasteiger partial charge >= 0.3 is 0 Å². The minimum atomic E-state index is -0.0932. The first-order valence-electron chi connectivity index (χ1n) is 9.13. The summed E-state index contributed by atoms with van der Waals surface area (Å²) in [6.45, 7) is 7.11. The minimum absolute atomic E-state index is 0.0932. The SMILES string of the molecule is CCc1sc(C(=O)N2CCN(CC(=O)Nc3ccccc3Cl)CC2)cc1C. The Bertz CT molecular complexity index is 828. The number of nitrogens with one attached hydrogen (secondary N) is 1. The van der Waals surface area contributed by atoms with Gasteiger partial charge in [0.05, 0.1) is 22.1 Å². The number of amides is 2. The van der Waals surface area contributed by atoms with Crippen molar-refractivity contribution < 1.29 is 9.59 Å². The normalized spacial score (nSPS) is 15.0. The Balaban J connectivity index is 1.50. The molecule has 1 aromatic carbocycles. The van der Waals surface area contributed by atoms with Crippen LogP contribution in [0.3, 0.4) is 0 Å². The molecule has 1 aliphatic rings. The molecule has 1 saturated heterocycles. The van der Waals surface area contributed by atoms with Crippen LogP contribution in [0.5, 0.6) is 0 Å². The van der Waals surface area contributed by atoms with E-state index in [0.29, 0.717) is 43.4 Å². The van der Waals surface area contributed by atoms with Gasteiger partial charge in [-0.15, -0.1) is 11.3 Å². The largest absolute Gasteiger partial charge is 0.335 e. The van der Waals surface area contributed by atoms with Crippen molar-refractivity contribution in [1.29, 1.82) is 0 Å². The Labute approximate surface area is 168 Å². The lowest BCUT2D eigenvalue weighted by Crippen LogP contribution is -2.50. The summed E-state index contributed by atoms with van der Waals surface area (Å²) in [7, 11) is 0. The number of hydrogen-bond acceptors (Lipinski definition) is 4. The van der Waals surface area contributed by atoms with Gasteiger partial charge in [-0.2, -0.15) is 0 Å². The maximum atomic E-state index is 12.7. The van der Waals surface area contributed by atoms with Crippen LogP contribution < -0.4 is 5.32 Å². The summed E-state index contributed by atoms with van der Waals surface area (Å²) in [5.74, 6) is 0.00677. The monoisotopic (exact) mass is 405 g/mol. The van der Waals surface area contributed by atoms with Crippen molar-refractivity contribution >= 4 is 40.4 Å². The number of halogens is 1. The number of benzene rings is 1. The number of hydrogen-bond donors (Lipinski definition) is 1. The lowest BCUT2D eigenvalue weighted by atomic mass is 10.2. The number of carbonyl (C=O) groups excluding carboxylic acids is 2. The van der Waals surface area contributed by atoms with Crippen LogP contribution in [0.25, 0.3) is 0 Å². The Morgan fingerprint density at radius 3 is 2.52 bits per heavy atom. The van der Waals surface area contributed by atoms with Crippen molar-refractivity contribution in [3.05, 3.63) is 50.7 Å². The van der Waals surface area contributed by atoms with Crippen molar-refractivity contribution in [3.63, 3.8) is 0 Å². The van der Waals surface area contributed by atoms with Gasteiger partial charge in [0.1, 0.15) is 0 Å². The first-order chi connectivity index (χ1) is 13.0. The van der Waals surface area contributed by atoms with E-state index in [9.17, 15) is 9.59 Å². The molecule has 1 N–H and O–H groups in total. The number of anilines is 1. The van der Waals surface area contributed by atoms with Crippen molar-refractivity contribution in [2.75, 3.05) is 38.0 Å². The predicted molar refractivity (Wildman–Crippen MR) is 111 cm³/mol. The van der Waals surface area contributed by atoms with Crippen molar-refractivity contribution in [1.82, 2.24) is 9.80 Å². The van der Waals surface area contributed by atoms with Crippen molar-refractivity contribution in [2.24, 2.45) is 0 Å². The average molecular weight is 406 g/mol. The van der Waals surface area contributed by atoms with E-state index in [1.165, 1.54) is 10.4 Å². The summed E-state index contributed by atoms with van der Waals surface area (Å²) in [6, 6.07) is 9.19. The molecule has 144 valence electrons. The zero-order valence-electron chi connectivity index (χ0n) is 15.6. The van der Waals surface area contributed by atoms with Gasteiger partial charge < -0.3 is 10.2 Å². The second-order valence-corrected chi connectivity index (χ2v) is 8.21. The molecule has 0 spiro atoms. The highest BCUT2D eigenvalue weighted by molar-refractivity contribution is 7.14. The Kier molecular flexibility index (Phi) is 6.52. The first-order valence-corrected chi connectivity index (χ1v) is 10.3. The third kappa shape index (κ3) is 4.89. The number of nitrogens with zero attached hydrogens (tertiary/aromatic N) is 2. The molecule has 5 nitrogen and oxygen atoms in total. The van der Waals surface area contributed by atoms with Crippen LogP contribution in [-0.2, 0) is 11.2 Å². The quantitative estimate of drug-likeness (QED) is 0.825. The molecule has 27 heavy (non-hydrogen) atoms. The molecule has 2 heterocycles. The molecule has 3 rings (SSSR count). The van der Waals surface area contributed by atoms with E-state index in [4.69, 9.17) is 11.6 Å². The first kappa shape index (κ1) is 19.9. The van der Waals surface area contributed by atoms with E-state index in [1.807, 2.05) is 23.1 Å². The lowest BCUT2D eigenvalue weighted by molar-refractivity contribution is -0.117. The number of piperazine rings is 1. The molecule has 0 saturated carbocycles. The van der Waals surface area contributed by atoms with Gasteiger partial charge in [-0.3, -0.25) is 14.5 Å². The Morgan fingerprint density at radius 1 is 1.19 bits per heavy atom. The van der Waals surface area contributed by atoms with E-state index in [1.54, 1.807) is 23.5 Å². The summed E-state index contributed by atoms with van der Waals surface area (Å²) in [5.41, 5.74) is 1.82. The van der Waals surface area contributed by atoms with Gasteiger partial charge in [0.25, 0.3) is 5.91 Å². The second kappa shape index (κ2) is 8.87. The van der Waals surface area contributed by atoms with Gasteiger partial charge in [-0.1, -0.05) is 30.7 Å². The molecule has 0 aliphatic carbocycles. The smallest absolute Gasteiger partial charge is 0.264 e. The zero-order valence-corrected chi connectivity index (χ0v) is 17.2. The van der Waals surface area contributed by atoms with Crippen molar-refractivity contribution in [2.45, 2.75) is 20.3 Å². The number of para-hydroxylation sites is 1. The van der Waals surface area contributed by atoms with E-state index in [0.717, 1.165) is 11.3 Å². The Hall–Kier alpha value is -1.89. The summed E-state index contributed by atoms with van der Waals surface area (Å²) >= 11 is 7.67. The van der Waals surface area contributed by atoms with E-state index < -0.39 is 0 Å². The van der Waals surface area contributed by atoms with Gasteiger partial charge in [-0.25, -0.2) is 0 Å². The second-order valence-electron chi connectivity index (χ2n) is 6.67. The topological polar surface area (TPSA) is 52.7 Å². The fourth-order valence-corrected chi connectivity index (χ4v) is 4.46. The van der Waals surface area contributed by atoms with E-state index in [2.05, 4.69) is 24.1 Å². The molecular formula is C20H24ClN3O2S. The molecule has 7 heteroatoms. The van der Waals surface area contributed by atoms with Crippen LogP contribution in [0.1, 0.15) is 27.0 Å². The van der Waals surface area contributed by atoms with Crippen LogP contribution in [0, 0.1) is 6.92 Å². The molecular weight excluding hydrogens is 382 g/mol. The van der Waals surface area contributed by atoms with Crippen LogP contribution in [0.15, 0.2) is 30.3 Å². The number of aryl methyl sites for hydroxylation is 2. The zero-order chi connectivity index (χ0) is 19.4. The van der Waals surface area contributed by atoms with Crippen LogP contribution in [-0.4, -0.2) is 54.3 Å². The number of carbonyl (C=O) groups is 2. The number of thiophene rings is 1. The molecule has 0 radical (unpaired) electrons. The fraction of sp³-hybridized carbons (Fsp3) is 0.400. The molecule has 0 atom stereocenters. The third-order valence-electron chi connectivity index (χ3n) is 4.73. The summed E-state index contributed by atoms with van der Waals surface area (Å²) in [6.07, 6.45) is 0.956. The maximum Gasteiger partial charge on any atom is 0.264 e. The highest BCUT2D eigenvalue weighted by Crippen LogP contribution is 2.24. The molecule has 1 aromatic heterocycles. The van der Waals surface area contributed by atoms with E-state index >= 15 is 0 Å². The highest BCUT2D eigenvalue weighted by Gasteiger charge is 2.24. The predicted octanol–water partition coefficient (Wildman–Crippen LogP) is 3.67. The molecule has 2 amide bonds. The third-order valence-corrected chi connectivity index (χ3v) is 6.43. The molecule has 0 bridgehead atoms. The highest BCUT2D eigenvalue weighted by atomic mass is 35.5. The van der Waals surface area contributed by atoms with Crippen molar-refractivity contribution in [3.8, 4) is 0 Å². The molecule has 1 aliphatic heterocycles. The van der Waals surface area contributed by atoms with Gasteiger partial charge in [-0.05, 0) is 37.1 Å². The van der Waals surface area contributed by atoms with Crippen LogP contribution in [0.2, 0.25) is 5.02 Å². The van der Waals surface area contributed by atoms with Crippen LogP contribution in [0.4, 0.5) is 5.69 Å². The molecule has 0 unspecified atom stereocenters. The summed E-state index contributed by atoms with van der Waals surface area (Å²) in [4.78, 5) is 31.0. The van der Waals surface area contributed by atoms with Crippen LogP contribution >= 0.6 is 22.9 Å². The molecule has 1 fully saturated rings. The fourth-order valence-electron chi connectivity index (χ4n) is 3.20. The minimum Gasteiger partial charge on any atom is -0.335 e. The lowest BCUT2D eigenvalue weighted by Gasteiger charge is -2.34. The van der Waals surface area contributed by atoms with Gasteiger partial charge in [0.2, 0.25) is 5.91 Å². The number of rotatable bonds is 5. The average Bonchev–Trinajstić information content (AvgIpc) is 3.04. The van der Waals surface area contributed by atoms with Gasteiger partial charge in [0.15, 0.2) is 0 Å². The standard InChI is InChI=1S/C20H24ClN3O2S/c1-3-17-14(2)12-18(27-17)20(26)24-10-8-23(9-11-24)13-19(25)22-16-7-5-4-6-15(16)21/h4-7,12H,3,8-11,13H2,1-2H3,(H,22,25). The molecule has 2 aromatic rings. The summed E-state index contributed by atoms with van der Waals surface area (Å²) < 4.78 is 0. The maximum absolute atomic E-state index is 12.7. The van der Waals surface area contributed by atoms with E-state index in [-0.39, 0.29) is 11.8 Å². The Morgan fingerprint density at radius 2 is 1.89 bits per heavy atom.